The number of benzene rings is 2. The molecule has 124 valence electrons. The Kier molecular flexibility index (Phi) is 4.83. The van der Waals surface area contributed by atoms with E-state index in [-0.39, 0.29) is 5.56 Å². The van der Waals surface area contributed by atoms with Gasteiger partial charge in [-0.2, -0.15) is 0 Å². The quantitative estimate of drug-likeness (QED) is 0.696. The molecule has 3 aromatic rings. The van der Waals surface area contributed by atoms with E-state index in [1.54, 1.807) is 24.3 Å². The lowest BCUT2D eigenvalue weighted by Crippen LogP contribution is -2.01. The molecule has 6 heteroatoms. The number of aromatic nitrogens is 1. The Labute approximate surface area is 143 Å². The van der Waals surface area contributed by atoms with Crippen LogP contribution in [0.1, 0.15) is 24.4 Å². The van der Waals surface area contributed by atoms with Crippen LogP contribution in [-0.4, -0.2) is 10.3 Å². The molecule has 0 bridgehead atoms. The van der Waals surface area contributed by atoms with Crippen molar-refractivity contribution in [3.8, 4) is 11.3 Å². The summed E-state index contributed by atoms with van der Waals surface area (Å²) in [6.07, 6.45) is -0.867. The first-order valence-corrected chi connectivity index (χ1v) is 7.83. The predicted octanol–water partition coefficient (Wildman–Crippen LogP) is 4.80. The van der Waals surface area contributed by atoms with Crippen LogP contribution in [0.25, 0.3) is 11.3 Å². The maximum Gasteiger partial charge on any atom is 0.156 e. The first kappa shape index (κ1) is 16.5. The minimum absolute atomic E-state index is 0.249. The maximum atomic E-state index is 13.6. The molecule has 24 heavy (non-hydrogen) atoms. The van der Waals surface area contributed by atoms with Gasteiger partial charge in [-0.15, -0.1) is 0 Å². The molecule has 1 unspecified atom stereocenters. The fraction of sp³-hybridized carbons (Fsp3) is 0.167. The normalized spacial score (nSPS) is 12.2. The van der Waals surface area contributed by atoms with Crippen LogP contribution >= 0.6 is 11.6 Å². The third kappa shape index (κ3) is 3.75. The standard InChI is InChI=1S/C18H16ClFN2O2/c1-11(23)16-8-14(6-7-17(16)20)21-10-15-9-18(22-24-15)12-2-4-13(19)5-3-12/h2-9,11,21,23H,10H2,1H3. The minimum Gasteiger partial charge on any atom is -0.389 e. The Morgan fingerprint density at radius 1 is 1.21 bits per heavy atom. The van der Waals surface area contributed by atoms with Gasteiger partial charge < -0.3 is 14.9 Å². The number of hydrogen-bond acceptors (Lipinski definition) is 4. The molecule has 0 saturated heterocycles. The molecule has 0 aliphatic carbocycles. The highest BCUT2D eigenvalue weighted by Crippen LogP contribution is 2.23. The fourth-order valence-electron chi connectivity index (χ4n) is 2.32. The fourth-order valence-corrected chi connectivity index (χ4v) is 2.44. The summed E-state index contributed by atoms with van der Waals surface area (Å²) in [4.78, 5) is 0. The lowest BCUT2D eigenvalue weighted by atomic mass is 10.1. The third-order valence-electron chi connectivity index (χ3n) is 3.61. The molecule has 1 heterocycles. The van der Waals surface area contributed by atoms with Crippen molar-refractivity contribution >= 4 is 17.3 Å². The second kappa shape index (κ2) is 7.03. The summed E-state index contributed by atoms with van der Waals surface area (Å²) >= 11 is 5.87. The molecule has 2 N–H and O–H groups in total. The number of aliphatic hydroxyl groups excluding tert-OH is 1. The van der Waals surface area contributed by atoms with Crippen LogP contribution in [0.4, 0.5) is 10.1 Å². The molecule has 0 saturated carbocycles. The minimum atomic E-state index is -0.867. The Bertz CT molecular complexity index is 831. The van der Waals surface area contributed by atoms with E-state index in [0.717, 1.165) is 5.56 Å². The summed E-state index contributed by atoms with van der Waals surface area (Å²) in [6, 6.07) is 13.7. The predicted molar refractivity (Wildman–Crippen MR) is 91.3 cm³/mol. The summed E-state index contributed by atoms with van der Waals surface area (Å²) in [7, 11) is 0. The van der Waals surface area contributed by atoms with E-state index in [2.05, 4.69) is 10.5 Å². The van der Waals surface area contributed by atoms with E-state index in [1.807, 2.05) is 18.2 Å². The molecule has 0 radical (unpaired) electrons. The summed E-state index contributed by atoms with van der Waals surface area (Å²) in [5.41, 5.74) is 2.57. The van der Waals surface area contributed by atoms with Crippen LogP contribution in [0.3, 0.4) is 0 Å². The molecule has 0 spiro atoms. The molecule has 3 rings (SSSR count). The van der Waals surface area contributed by atoms with Crippen molar-refractivity contribution in [2.45, 2.75) is 19.6 Å². The molecule has 0 amide bonds. The lowest BCUT2D eigenvalue weighted by Gasteiger charge is -2.10. The zero-order chi connectivity index (χ0) is 17.1. The van der Waals surface area contributed by atoms with E-state index in [9.17, 15) is 9.50 Å². The van der Waals surface area contributed by atoms with Crippen LogP contribution in [0.15, 0.2) is 53.1 Å². The Morgan fingerprint density at radius 3 is 2.67 bits per heavy atom. The Morgan fingerprint density at radius 2 is 1.96 bits per heavy atom. The largest absolute Gasteiger partial charge is 0.389 e. The number of nitrogens with one attached hydrogen (secondary N) is 1. The SMILES string of the molecule is CC(O)c1cc(NCc2cc(-c3ccc(Cl)cc3)no2)ccc1F. The molecule has 0 aliphatic rings. The van der Waals surface area contributed by atoms with E-state index in [0.29, 0.717) is 28.7 Å². The monoisotopic (exact) mass is 346 g/mol. The molecule has 4 nitrogen and oxygen atoms in total. The average molecular weight is 347 g/mol. The molecule has 0 aliphatic heterocycles. The maximum absolute atomic E-state index is 13.6. The topological polar surface area (TPSA) is 58.3 Å². The van der Waals surface area contributed by atoms with Gasteiger partial charge in [-0.05, 0) is 37.3 Å². The van der Waals surface area contributed by atoms with E-state index in [4.69, 9.17) is 16.1 Å². The van der Waals surface area contributed by atoms with Crippen molar-refractivity contribution in [1.29, 1.82) is 0 Å². The summed E-state index contributed by atoms with van der Waals surface area (Å²) in [5.74, 6) is 0.211. The van der Waals surface area contributed by atoms with Crippen molar-refractivity contribution in [1.82, 2.24) is 5.16 Å². The first-order chi connectivity index (χ1) is 11.5. The highest BCUT2D eigenvalue weighted by atomic mass is 35.5. The van der Waals surface area contributed by atoms with Crippen molar-refractivity contribution in [3.63, 3.8) is 0 Å². The van der Waals surface area contributed by atoms with Crippen molar-refractivity contribution in [2.24, 2.45) is 0 Å². The number of anilines is 1. The van der Waals surface area contributed by atoms with E-state index in [1.165, 1.54) is 13.0 Å². The van der Waals surface area contributed by atoms with Crippen LogP contribution in [0, 0.1) is 5.82 Å². The highest BCUT2D eigenvalue weighted by molar-refractivity contribution is 6.30. The number of aliphatic hydroxyl groups is 1. The van der Waals surface area contributed by atoms with Gasteiger partial charge in [0.25, 0.3) is 0 Å². The van der Waals surface area contributed by atoms with Gasteiger partial charge in [-0.1, -0.05) is 28.9 Å². The average Bonchev–Trinajstić information content (AvgIpc) is 3.03. The van der Waals surface area contributed by atoms with Crippen molar-refractivity contribution in [2.75, 3.05) is 5.32 Å². The molecule has 2 aromatic carbocycles. The Balaban J connectivity index is 1.69. The molecule has 1 aromatic heterocycles. The van der Waals surface area contributed by atoms with Crippen LogP contribution in [0.5, 0.6) is 0 Å². The lowest BCUT2D eigenvalue weighted by molar-refractivity contribution is 0.194. The van der Waals surface area contributed by atoms with Crippen molar-refractivity contribution < 1.29 is 14.0 Å². The van der Waals surface area contributed by atoms with Crippen LogP contribution in [0.2, 0.25) is 5.02 Å². The van der Waals surface area contributed by atoms with Gasteiger partial charge in [0.2, 0.25) is 0 Å². The number of nitrogens with zero attached hydrogens (tertiary/aromatic N) is 1. The van der Waals surface area contributed by atoms with Gasteiger partial charge >= 0.3 is 0 Å². The van der Waals surface area contributed by atoms with Gasteiger partial charge in [0.15, 0.2) is 5.76 Å². The summed E-state index contributed by atoms with van der Waals surface area (Å²) in [6.45, 7) is 1.92. The summed E-state index contributed by atoms with van der Waals surface area (Å²) < 4.78 is 18.9. The smallest absolute Gasteiger partial charge is 0.156 e. The zero-order valence-electron chi connectivity index (χ0n) is 13.0. The second-order valence-corrected chi connectivity index (χ2v) is 5.89. The van der Waals surface area contributed by atoms with Gasteiger partial charge in [-0.3, -0.25) is 0 Å². The number of hydrogen-bond donors (Lipinski definition) is 2. The first-order valence-electron chi connectivity index (χ1n) is 7.46. The van der Waals surface area contributed by atoms with Gasteiger partial charge in [0, 0.05) is 27.9 Å². The molecule has 1 atom stereocenters. The highest BCUT2D eigenvalue weighted by Gasteiger charge is 2.10. The summed E-state index contributed by atoms with van der Waals surface area (Å²) in [5, 5.41) is 17.4. The Hall–Kier alpha value is -2.37. The molecular formula is C18H16ClFN2O2. The molecular weight excluding hydrogens is 331 g/mol. The van der Waals surface area contributed by atoms with Crippen LogP contribution < -0.4 is 5.32 Å². The second-order valence-electron chi connectivity index (χ2n) is 5.45. The van der Waals surface area contributed by atoms with Gasteiger partial charge in [-0.25, -0.2) is 4.39 Å². The van der Waals surface area contributed by atoms with Crippen LogP contribution in [-0.2, 0) is 6.54 Å². The van der Waals surface area contributed by atoms with Gasteiger partial charge in [0.05, 0.1) is 12.6 Å². The zero-order valence-corrected chi connectivity index (χ0v) is 13.7. The number of rotatable bonds is 5. The number of halogens is 2. The van der Waals surface area contributed by atoms with Crippen molar-refractivity contribution in [3.05, 3.63) is 70.7 Å². The van der Waals surface area contributed by atoms with E-state index >= 15 is 0 Å². The molecule has 0 fully saturated rings. The third-order valence-corrected chi connectivity index (χ3v) is 3.86. The van der Waals surface area contributed by atoms with E-state index < -0.39 is 11.9 Å². The van der Waals surface area contributed by atoms with Gasteiger partial charge in [0.1, 0.15) is 11.5 Å².